The first kappa shape index (κ1) is 22.6. The highest BCUT2D eigenvalue weighted by Crippen LogP contribution is 2.27. The molecular weight excluding hydrogens is 535 g/mol. The van der Waals surface area contributed by atoms with Crippen LogP contribution in [-0.4, -0.2) is 14.3 Å². The number of nitrogens with one attached hydrogen (secondary N) is 2. The van der Waals surface area contributed by atoms with Crippen LogP contribution in [0.15, 0.2) is 59.5 Å². The van der Waals surface area contributed by atoms with E-state index in [0.29, 0.717) is 11.4 Å². The van der Waals surface area contributed by atoms with E-state index in [1.165, 1.54) is 18.2 Å². The Labute approximate surface area is 195 Å². The molecule has 8 heteroatoms. The van der Waals surface area contributed by atoms with Gasteiger partial charge in [0.25, 0.3) is 15.9 Å². The minimum absolute atomic E-state index is 0.0364. The SMILES string of the molecule is Cc1ccc(NS(=O)(=O)c2cc(C(=O)Nc3ccc(I)cc3C)ccc2Cl)c(C)c1. The second-order valence-corrected chi connectivity index (χ2v) is 10.3. The summed E-state index contributed by atoms with van der Waals surface area (Å²) in [6, 6.07) is 15.2. The van der Waals surface area contributed by atoms with E-state index in [-0.39, 0.29) is 15.5 Å². The van der Waals surface area contributed by atoms with Crippen LogP contribution in [0.1, 0.15) is 27.0 Å². The number of carbonyl (C=O) groups is 1. The zero-order chi connectivity index (χ0) is 22.1. The Morgan fingerprint density at radius 3 is 2.23 bits per heavy atom. The molecule has 5 nitrogen and oxygen atoms in total. The smallest absolute Gasteiger partial charge is 0.263 e. The summed E-state index contributed by atoms with van der Waals surface area (Å²) in [7, 11) is -3.98. The normalized spacial score (nSPS) is 11.2. The maximum absolute atomic E-state index is 13.0. The van der Waals surface area contributed by atoms with E-state index in [1.807, 2.05) is 51.1 Å². The maximum Gasteiger partial charge on any atom is 0.263 e. The van der Waals surface area contributed by atoms with E-state index in [0.717, 1.165) is 20.3 Å². The molecule has 30 heavy (non-hydrogen) atoms. The van der Waals surface area contributed by atoms with Gasteiger partial charge in [-0.1, -0.05) is 29.3 Å². The van der Waals surface area contributed by atoms with E-state index >= 15 is 0 Å². The number of halogens is 2. The van der Waals surface area contributed by atoms with Crippen LogP contribution in [-0.2, 0) is 10.0 Å². The highest BCUT2D eigenvalue weighted by Gasteiger charge is 2.21. The standard InChI is InChI=1S/C22H20ClIN2O3S/c1-13-4-8-20(14(2)10-13)26-30(28,29)21-12-16(5-7-18(21)23)22(27)25-19-9-6-17(24)11-15(19)3/h4-12,26H,1-3H3,(H,25,27). The van der Waals surface area contributed by atoms with Crippen LogP contribution in [0.2, 0.25) is 5.02 Å². The van der Waals surface area contributed by atoms with Crippen molar-refractivity contribution in [1.82, 2.24) is 0 Å². The first-order valence-electron chi connectivity index (χ1n) is 9.04. The van der Waals surface area contributed by atoms with Crippen molar-refractivity contribution < 1.29 is 13.2 Å². The minimum Gasteiger partial charge on any atom is -0.322 e. The Hall–Kier alpha value is -2.10. The molecule has 0 bridgehead atoms. The van der Waals surface area contributed by atoms with Crippen molar-refractivity contribution in [2.24, 2.45) is 0 Å². The van der Waals surface area contributed by atoms with Gasteiger partial charge in [-0.05, 0) is 97.0 Å². The number of rotatable bonds is 5. The topological polar surface area (TPSA) is 75.3 Å². The monoisotopic (exact) mass is 554 g/mol. The van der Waals surface area contributed by atoms with E-state index < -0.39 is 15.9 Å². The number of hydrogen-bond acceptors (Lipinski definition) is 3. The summed E-state index contributed by atoms with van der Waals surface area (Å²) in [6.45, 7) is 5.64. The van der Waals surface area contributed by atoms with Crippen LogP contribution in [0.4, 0.5) is 11.4 Å². The van der Waals surface area contributed by atoms with Gasteiger partial charge in [-0.15, -0.1) is 0 Å². The Balaban J connectivity index is 1.91. The van der Waals surface area contributed by atoms with E-state index in [2.05, 4.69) is 32.6 Å². The number of hydrogen-bond donors (Lipinski definition) is 2. The van der Waals surface area contributed by atoms with Gasteiger partial charge < -0.3 is 5.32 Å². The third kappa shape index (κ3) is 5.14. The van der Waals surface area contributed by atoms with E-state index in [9.17, 15) is 13.2 Å². The molecule has 0 aromatic heterocycles. The lowest BCUT2D eigenvalue weighted by Crippen LogP contribution is -2.17. The molecule has 3 rings (SSSR count). The van der Waals surface area contributed by atoms with Crippen LogP contribution in [0, 0.1) is 24.3 Å². The number of aryl methyl sites for hydroxylation is 3. The number of sulfonamides is 1. The maximum atomic E-state index is 13.0. The van der Waals surface area contributed by atoms with Crippen molar-refractivity contribution in [2.45, 2.75) is 25.7 Å². The fourth-order valence-electron chi connectivity index (χ4n) is 2.94. The third-order valence-electron chi connectivity index (χ3n) is 4.55. The first-order chi connectivity index (χ1) is 14.1. The highest BCUT2D eigenvalue weighted by atomic mass is 127. The number of carbonyl (C=O) groups excluding carboxylic acids is 1. The number of anilines is 2. The molecule has 3 aromatic carbocycles. The van der Waals surface area contributed by atoms with Crippen LogP contribution >= 0.6 is 34.2 Å². The Morgan fingerprint density at radius 1 is 0.900 bits per heavy atom. The first-order valence-corrected chi connectivity index (χ1v) is 12.0. The molecule has 0 aliphatic rings. The van der Waals surface area contributed by atoms with Gasteiger partial charge in [-0.25, -0.2) is 8.42 Å². The fourth-order valence-corrected chi connectivity index (χ4v) is 5.24. The average molecular weight is 555 g/mol. The largest absolute Gasteiger partial charge is 0.322 e. The van der Waals surface area contributed by atoms with Crippen LogP contribution < -0.4 is 10.0 Å². The predicted octanol–water partition coefficient (Wildman–Crippen LogP) is 5.92. The molecule has 156 valence electrons. The van der Waals surface area contributed by atoms with Gasteiger partial charge in [0, 0.05) is 14.8 Å². The Bertz CT molecular complexity index is 1240. The Morgan fingerprint density at radius 2 is 1.57 bits per heavy atom. The lowest BCUT2D eigenvalue weighted by atomic mass is 10.1. The lowest BCUT2D eigenvalue weighted by Gasteiger charge is -2.14. The molecule has 0 radical (unpaired) electrons. The van der Waals surface area contributed by atoms with Gasteiger partial charge in [0.1, 0.15) is 4.90 Å². The molecule has 1 amide bonds. The molecule has 0 fully saturated rings. The fraction of sp³-hybridized carbons (Fsp3) is 0.136. The molecule has 2 N–H and O–H groups in total. The van der Waals surface area contributed by atoms with Crippen LogP contribution in [0.25, 0.3) is 0 Å². The van der Waals surface area contributed by atoms with Crippen molar-refractivity contribution in [1.29, 1.82) is 0 Å². The molecule has 0 saturated carbocycles. The van der Waals surface area contributed by atoms with Crippen molar-refractivity contribution >= 4 is 61.5 Å². The highest BCUT2D eigenvalue weighted by molar-refractivity contribution is 14.1. The molecule has 0 unspecified atom stereocenters. The molecule has 0 heterocycles. The molecule has 0 saturated heterocycles. The molecule has 0 aliphatic heterocycles. The Kier molecular flexibility index (Phi) is 6.74. The van der Waals surface area contributed by atoms with Gasteiger partial charge in [0.15, 0.2) is 0 Å². The molecule has 0 spiro atoms. The summed E-state index contributed by atoms with van der Waals surface area (Å²) < 4.78 is 29.5. The summed E-state index contributed by atoms with van der Waals surface area (Å²) in [5.41, 5.74) is 4.04. The van der Waals surface area contributed by atoms with Gasteiger partial charge >= 0.3 is 0 Å². The summed E-state index contributed by atoms with van der Waals surface area (Å²) in [5.74, 6) is -0.418. The lowest BCUT2D eigenvalue weighted by molar-refractivity contribution is 0.102. The summed E-state index contributed by atoms with van der Waals surface area (Å²) in [4.78, 5) is 12.6. The zero-order valence-corrected chi connectivity index (χ0v) is 20.3. The predicted molar refractivity (Wildman–Crippen MR) is 130 cm³/mol. The molecule has 3 aromatic rings. The van der Waals surface area contributed by atoms with Crippen molar-refractivity contribution in [3.05, 3.63) is 85.4 Å². The van der Waals surface area contributed by atoms with Gasteiger partial charge in [-0.3, -0.25) is 9.52 Å². The second-order valence-electron chi connectivity index (χ2n) is 6.98. The van der Waals surface area contributed by atoms with Gasteiger partial charge in [-0.2, -0.15) is 0 Å². The third-order valence-corrected chi connectivity index (χ3v) is 7.06. The van der Waals surface area contributed by atoms with Gasteiger partial charge in [0.05, 0.1) is 10.7 Å². The van der Waals surface area contributed by atoms with E-state index in [1.54, 1.807) is 6.07 Å². The summed E-state index contributed by atoms with van der Waals surface area (Å²) in [5, 5.41) is 2.85. The zero-order valence-electron chi connectivity index (χ0n) is 16.6. The molecule has 0 atom stereocenters. The van der Waals surface area contributed by atoms with Crippen LogP contribution in [0.5, 0.6) is 0 Å². The van der Waals surface area contributed by atoms with Crippen molar-refractivity contribution in [3.8, 4) is 0 Å². The second kappa shape index (κ2) is 8.95. The summed E-state index contributed by atoms with van der Waals surface area (Å²) >= 11 is 8.36. The minimum atomic E-state index is -3.98. The molecule has 0 aliphatic carbocycles. The number of benzene rings is 3. The van der Waals surface area contributed by atoms with Crippen molar-refractivity contribution in [2.75, 3.05) is 10.0 Å². The number of amides is 1. The summed E-state index contributed by atoms with van der Waals surface area (Å²) in [6.07, 6.45) is 0. The van der Waals surface area contributed by atoms with Crippen molar-refractivity contribution in [3.63, 3.8) is 0 Å². The quantitative estimate of drug-likeness (QED) is 0.384. The van der Waals surface area contributed by atoms with Gasteiger partial charge in [0.2, 0.25) is 0 Å². The van der Waals surface area contributed by atoms with Crippen LogP contribution in [0.3, 0.4) is 0 Å². The molecular formula is C22H20ClIN2O3S. The average Bonchev–Trinajstić information content (AvgIpc) is 2.66. The van der Waals surface area contributed by atoms with E-state index in [4.69, 9.17) is 11.6 Å².